The Balaban J connectivity index is 0. The van der Waals surface area contributed by atoms with Crippen LogP contribution in [0.5, 0.6) is 0 Å². The number of rotatable bonds is 4. The molecule has 0 rings (SSSR count). The molecule has 0 saturated carbocycles. The van der Waals surface area contributed by atoms with Gasteiger partial charge in [0.2, 0.25) is 5.91 Å². The number of ether oxygens (including phenoxy) is 1. The zero-order valence-corrected chi connectivity index (χ0v) is 8.71. The Kier molecular flexibility index (Phi) is 10.1. The second-order valence-electron chi connectivity index (χ2n) is 2.52. The van der Waals surface area contributed by atoms with Crippen molar-refractivity contribution in [3.63, 3.8) is 0 Å². The van der Waals surface area contributed by atoms with Crippen LogP contribution < -0.4 is 5.73 Å². The van der Waals surface area contributed by atoms with E-state index in [0.29, 0.717) is 12.2 Å². The van der Waals surface area contributed by atoms with Crippen molar-refractivity contribution in [3.8, 4) is 0 Å². The molecule has 0 bridgehead atoms. The van der Waals surface area contributed by atoms with Gasteiger partial charge >= 0.3 is 5.97 Å². The molecule has 0 unspecified atom stereocenters. The first-order valence-electron chi connectivity index (χ1n) is 4.20. The van der Waals surface area contributed by atoms with Crippen LogP contribution in [0.3, 0.4) is 0 Å². The van der Waals surface area contributed by atoms with E-state index in [1.54, 1.807) is 6.92 Å². The monoisotopic (exact) mass is 199 g/mol. The number of nitrogens with two attached hydrogens (primary N) is 1. The van der Waals surface area contributed by atoms with Crippen molar-refractivity contribution in [3.05, 3.63) is 24.8 Å². The van der Waals surface area contributed by atoms with Gasteiger partial charge in [0.1, 0.15) is 0 Å². The molecular formula is C10H17NO3. The molecule has 14 heavy (non-hydrogen) atoms. The average Bonchev–Trinajstić information content (AvgIpc) is 2.14. The van der Waals surface area contributed by atoms with Crippen LogP contribution in [0.25, 0.3) is 0 Å². The van der Waals surface area contributed by atoms with Gasteiger partial charge in [0.15, 0.2) is 0 Å². The second kappa shape index (κ2) is 9.51. The summed E-state index contributed by atoms with van der Waals surface area (Å²) in [4.78, 5) is 20.1. The van der Waals surface area contributed by atoms with E-state index in [4.69, 9.17) is 5.73 Å². The maximum atomic E-state index is 10.2. The third-order valence-corrected chi connectivity index (χ3v) is 1.04. The van der Waals surface area contributed by atoms with Gasteiger partial charge in [-0.15, -0.1) is 0 Å². The minimum absolute atomic E-state index is 0.341. The normalized spacial score (nSPS) is 7.86. The molecule has 0 spiro atoms. The van der Waals surface area contributed by atoms with Crippen LogP contribution in [-0.2, 0) is 14.3 Å². The van der Waals surface area contributed by atoms with E-state index in [1.807, 2.05) is 6.92 Å². The number of esters is 1. The van der Waals surface area contributed by atoms with E-state index >= 15 is 0 Å². The Morgan fingerprint density at radius 1 is 1.50 bits per heavy atom. The minimum atomic E-state index is -0.435. The molecule has 0 aromatic rings. The fourth-order valence-corrected chi connectivity index (χ4v) is 0.262. The number of amides is 1. The van der Waals surface area contributed by atoms with Gasteiger partial charge < -0.3 is 10.5 Å². The molecule has 80 valence electrons. The molecule has 0 radical (unpaired) electrons. The van der Waals surface area contributed by atoms with Crippen molar-refractivity contribution >= 4 is 11.9 Å². The summed E-state index contributed by atoms with van der Waals surface area (Å²) in [6.45, 7) is 10.5. The van der Waals surface area contributed by atoms with Crippen molar-refractivity contribution < 1.29 is 14.3 Å². The van der Waals surface area contributed by atoms with E-state index in [1.165, 1.54) is 0 Å². The van der Waals surface area contributed by atoms with Crippen LogP contribution in [0.15, 0.2) is 24.8 Å². The summed E-state index contributed by atoms with van der Waals surface area (Å²) >= 11 is 0. The summed E-state index contributed by atoms with van der Waals surface area (Å²) in [5.41, 5.74) is 5.09. The van der Waals surface area contributed by atoms with Crippen LogP contribution in [0.1, 0.15) is 20.3 Å². The summed E-state index contributed by atoms with van der Waals surface area (Å²) in [6.07, 6.45) is 2.02. The zero-order valence-electron chi connectivity index (χ0n) is 8.71. The lowest BCUT2D eigenvalue weighted by molar-refractivity contribution is -0.137. The van der Waals surface area contributed by atoms with E-state index in [9.17, 15) is 9.59 Å². The SMILES string of the molecule is C=C(C)C(N)=O.C=CC(=O)OCCC. The first-order chi connectivity index (χ1) is 6.45. The predicted molar refractivity (Wildman–Crippen MR) is 55.5 cm³/mol. The maximum absolute atomic E-state index is 10.2. The predicted octanol–water partition coefficient (Wildman–Crippen LogP) is 1.17. The van der Waals surface area contributed by atoms with Gasteiger partial charge in [-0.05, 0) is 13.3 Å². The highest BCUT2D eigenvalue weighted by Crippen LogP contribution is 1.81. The van der Waals surface area contributed by atoms with Gasteiger partial charge in [-0.3, -0.25) is 4.79 Å². The topological polar surface area (TPSA) is 69.4 Å². The van der Waals surface area contributed by atoms with E-state index in [2.05, 4.69) is 17.9 Å². The van der Waals surface area contributed by atoms with Crippen LogP contribution in [0, 0.1) is 0 Å². The number of hydrogen-bond donors (Lipinski definition) is 1. The van der Waals surface area contributed by atoms with Crippen LogP contribution in [0.2, 0.25) is 0 Å². The smallest absolute Gasteiger partial charge is 0.330 e. The highest BCUT2D eigenvalue weighted by Gasteiger charge is 1.89. The molecule has 0 aliphatic rings. The third-order valence-electron chi connectivity index (χ3n) is 1.04. The van der Waals surface area contributed by atoms with E-state index in [-0.39, 0.29) is 5.97 Å². The van der Waals surface area contributed by atoms with Crippen LogP contribution in [-0.4, -0.2) is 18.5 Å². The molecule has 4 nitrogen and oxygen atoms in total. The molecule has 0 aromatic heterocycles. The summed E-state index contributed by atoms with van der Waals surface area (Å²) < 4.78 is 4.58. The van der Waals surface area contributed by atoms with Gasteiger partial charge in [-0.25, -0.2) is 4.79 Å². The van der Waals surface area contributed by atoms with Crippen LogP contribution >= 0.6 is 0 Å². The van der Waals surface area contributed by atoms with Gasteiger partial charge in [-0.1, -0.05) is 20.1 Å². The molecule has 0 heterocycles. The largest absolute Gasteiger partial charge is 0.463 e. The van der Waals surface area contributed by atoms with Gasteiger partial charge in [-0.2, -0.15) is 0 Å². The Morgan fingerprint density at radius 3 is 2.14 bits per heavy atom. The van der Waals surface area contributed by atoms with Crippen molar-refractivity contribution in [2.75, 3.05) is 6.61 Å². The minimum Gasteiger partial charge on any atom is -0.463 e. The Morgan fingerprint density at radius 2 is 1.93 bits per heavy atom. The summed E-state index contributed by atoms with van der Waals surface area (Å²) in [6, 6.07) is 0. The van der Waals surface area contributed by atoms with E-state index < -0.39 is 5.91 Å². The molecule has 2 N–H and O–H groups in total. The molecule has 4 heteroatoms. The standard InChI is InChI=1S/C6H10O2.C4H7NO/c1-3-5-8-6(7)4-2;1-3(2)4(5)6/h4H,2-3,5H2,1H3;1H2,2H3,(H2,5,6). The number of carbonyl (C=O) groups excluding carboxylic acids is 2. The molecule has 0 fully saturated rings. The highest BCUT2D eigenvalue weighted by molar-refractivity contribution is 5.90. The lowest BCUT2D eigenvalue weighted by Crippen LogP contribution is -2.10. The van der Waals surface area contributed by atoms with Gasteiger partial charge in [0.05, 0.1) is 6.61 Å². The second-order valence-corrected chi connectivity index (χ2v) is 2.52. The maximum Gasteiger partial charge on any atom is 0.330 e. The van der Waals surface area contributed by atoms with Crippen molar-refractivity contribution in [1.82, 2.24) is 0 Å². The first kappa shape index (κ1) is 14.9. The molecule has 1 amide bonds. The lowest BCUT2D eigenvalue weighted by atomic mass is 10.3. The van der Waals surface area contributed by atoms with Crippen LogP contribution in [0.4, 0.5) is 0 Å². The van der Waals surface area contributed by atoms with E-state index in [0.717, 1.165) is 12.5 Å². The Hall–Kier alpha value is -1.58. The highest BCUT2D eigenvalue weighted by atomic mass is 16.5. The fourth-order valence-electron chi connectivity index (χ4n) is 0.262. The van der Waals surface area contributed by atoms with Crippen molar-refractivity contribution in [2.45, 2.75) is 20.3 Å². The van der Waals surface area contributed by atoms with Crippen molar-refractivity contribution in [2.24, 2.45) is 5.73 Å². The Bertz CT molecular complexity index is 209. The zero-order chi connectivity index (χ0) is 11.6. The molecular weight excluding hydrogens is 182 g/mol. The molecule has 0 atom stereocenters. The van der Waals surface area contributed by atoms with Gasteiger partial charge in [0.25, 0.3) is 0 Å². The quantitative estimate of drug-likeness (QED) is 0.546. The number of carbonyl (C=O) groups is 2. The molecule has 0 aromatic carbocycles. The molecule has 0 aliphatic carbocycles. The number of hydrogen-bond acceptors (Lipinski definition) is 3. The third kappa shape index (κ3) is 13.0. The summed E-state index contributed by atoms with van der Waals surface area (Å²) in [7, 11) is 0. The summed E-state index contributed by atoms with van der Waals surface area (Å²) in [5.74, 6) is -0.776. The fraction of sp³-hybridized carbons (Fsp3) is 0.400. The first-order valence-corrected chi connectivity index (χ1v) is 4.20. The average molecular weight is 199 g/mol. The van der Waals surface area contributed by atoms with Crippen molar-refractivity contribution in [1.29, 1.82) is 0 Å². The Labute approximate surface area is 84.4 Å². The number of primary amides is 1. The molecule has 0 saturated heterocycles. The lowest BCUT2D eigenvalue weighted by Gasteiger charge is -1.94. The molecule has 0 aliphatic heterocycles. The summed E-state index contributed by atoms with van der Waals surface area (Å²) in [5, 5.41) is 0. The van der Waals surface area contributed by atoms with Gasteiger partial charge in [0, 0.05) is 11.6 Å².